The maximum atomic E-state index is 14.9. The molecule has 5 atom stereocenters. The molecule has 2 aliphatic heterocycles. The van der Waals surface area contributed by atoms with Gasteiger partial charge in [0, 0.05) is 41.0 Å². The summed E-state index contributed by atoms with van der Waals surface area (Å²) in [4.78, 5) is 1.84. The molecule has 0 saturated carbocycles. The molecule has 0 radical (unpaired) electrons. The number of ether oxygens (including phenoxy) is 1. The number of nitrogens with zero attached hydrogens (tertiary/aromatic N) is 1. The molecule has 0 bridgehead atoms. The zero-order valence-corrected chi connectivity index (χ0v) is 20.8. The van der Waals surface area contributed by atoms with E-state index in [1.54, 1.807) is 0 Å². The standard InChI is InChI=1S/C23H31BrFN3O3S/c1-28(2)10-11-32(29,30)26-14-17-8-9-18-21(15-6-4-3-5-7-15)27-22-19(23(18)31-17)12-16(24)13-20(22)25/h3-6,12-13,15,17-18,21,23,26-27H,7-11,14H2,1-2H3/t15?,17-,18+,21+,23+/m1/s1. The van der Waals surface area contributed by atoms with Gasteiger partial charge in [0.25, 0.3) is 0 Å². The van der Waals surface area contributed by atoms with Crippen LogP contribution >= 0.6 is 15.9 Å². The highest BCUT2D eigenvalue weighted by Gasteiger charge is 2.44. The van der Waals surface area contributed by atoms with Crippen LogP contribution in [0.2, 0.25) is 0 Å². The summed E-state index contributed by atoms with van der Waals surface area (Å²) in [5, 5.41) is 3.48. The smallest absolute Gasteiger partial charge is 0.212 e. The average Bonchev–Trinajstić information content (AvgIpc) is 2.76. The molecule has 1 aromatic rings. The van der Waals surface area contributed by atoms with Gasteiger partial charge in [0.1, 0.15) is 5.82 Å². The van der Waals surface area contributed by atoms with E-state index in [2.05, 4.69) is 38.1 Å². The number of halogens is 2. The van der Waals surface area contributed by atoms with E-state index in [0.717, 1.165) is 24.8 Å². The van der Waals surface area contributed by atoms with Gasteiger partial charge < -0.3 is 15.0 Å². The molecule has 2 N–H and O–H groups in total. The molecule has 1 saturated heterocycles. The first-order chi connectivity index (χ1) is 15.2. The zero-order chi connectivity index (χ0) is 22.9. The third kappa shape index (κ3) is 5.44. The Morgan fingerprint density at radius 2 is 2.09 bits per heavy atom. The van der Waals surface area contributed by atoms with E-state index in [1.165, 1.54) is 6.07 Å². The van der Waals surface area contributed by atoms with Crippen molar-refractivity contribution in [3.8, 4) is 0 Å². The molecule has 0 aromatic heterocycles. The normalized spacial score (nSPS) is 29.5. The van der Waals surface area contributed by atoms with Gasteiger partial charge in [0.15, 0.2) is 0 Å². The Hall–Kier alpha value is -1.26. The van der Waals surface area contributed by atoms with Crippen LogP contribution in [-0.2, 0) is 14.8 Å². The Labute approximate surface area is 198 Å². The highest BCUT2D eigenvalue weighted by atomic mass is 79.9. The van der Waals surface area contributed by atoms with Crippen molar-refractivity contribution in [3.05, 3.63) is 52.3 Å². The van der Waals surface area contributed by atoms with Crippen LogP contribution in [0.25, 0.3) is 0 Å². The molecule has 2 heterocycles. The van der Waals surface area contributed by atoms with Crippen molar-refractivity contribution in [2.75, 3.05) is 38.3 Å². The minimum atomic E-state index is -3.38. The van der Waals surface area contributed by atoms with Gasteiger partial charge in [-0.05, 0) is 45.5 Å². The van der Waals surface area contributed by atoms with Gasteiger partial charge in [0.05, 0.1) is 23.6 Å². The first-order valence-electron chi connectivity index (χ1n) is 11.1. The summed E-state index contributed by atoms with van der Waals surface area (Å²) in [6.45, 7) is 0.692. The SMILES string of the molecule is CN(C)CCS(=O)(=O)NC[C@H]1CC[C@@H]2[C@H](O1)c1cc(Br)cc(F)c1N[C@H]2C1C=CC=CC1. The highest BCUT2D eigenvalue weighted by Crippen LogP contribution is 2.49. The lowest BCUT2D eigenvalue weighted by molar-refractivity contribution is -0.0925. The third-order valence-electron chi connectivity index (χ3n) is 6.53. The number of nitrogens with one attached hydrogen (secondary N) is 2. The van der Waals surface area contributed by atoms with Crippen molar-refractivity contribution in [1.29, 1.82) is 0 Å². The fraction of sp³-hybridized carbons (Fsp3) is 0.565. The van der Waals surface area contributed by atoms with Crippen LogP contribution in [0.4, 0.5) is 10.1 Å². The number of fused-ring (bicyclic) bond motifs is 3. The van der Waals surface area contributed by atoms with Crippen molar-refractivity contribution < 1.29 is 17.5 Å². The van der Waals surface area contributed by atoms with E-state index < -0.39 is 10.0 Å². The van der Waals surface area contributed by atoms with Crippen LogP contribution < -0.4 is 10.0 Å². The molecule has 3 aliphatic rings. The molecule has 1 aliphatic carbocycles. The second-order valence-electron chi connectivity index (χ2n) is 9.13. The summed E-state index contributed by atoms with van der Waals surface area (Å²) in [7, 11) is 0.318. The third-order valence-corrected chi connectivity index (χ3v) is 8.31. The minimum Gasteiger partial charge on any atom is -0.379 e. The van der Waals surface area contributed by atoms with E-state index in [1.807, 2.05) is 37.2 Å². The lowest BCUT2D eigenvalue weighted by atomic mass is 9.73. The number of sulfonamides is 1. The predicted octanol–water partition coefficient (Wildman–Crippen LogP) is 3.83. The summed E-state index contributed by atoms with van der Waals surface area (Å²) in [6, 6.07) is 3.44. The Morgan fingerprint density at radius 3 is 2.81 bits per heavy atom. The molecule has 4 rings (SSSR count). The summed E-state index contributed by atoms with van der Waals surface area (Å²) in [5.74, 6) is 0.184. The maximum Gasteiger partial charge on any atom is 0.212 e. The van der Waals surface area contributed by atoms with Crippen LogP contribution in [0.3, 0.4) is 0 Å². The highest BCUT2D eigenvalue weighted by molar-refractivity contribution is 9.10. The quantitative estimate of drug-likeness (QED) is 0.563. The molecule has 176 valence electrons. The molecule has 0 amide bonds. The summed E-state index contributed by atoms with van der Waals surface area (Å²) in [6.07, 6.45) is 10.4. The van der Waals surface area contributed by atoms with E-state index in [4.69, 9.17) is 4.74 Å². The van der Waals surface area contributed by atoms with Gasteiger partial charge in [-0.3, -0.25) is 0 Å². The van der Waals surface area contributed by atoms with E-state index in [0.29, 0.717) is 16.7 Å². The van der Waals surface area contributed by atoms with Crippen LogP contribution in [0.1, 0.15) is 30.9 Å². The molecular formula is C23H31BrFN3O3S. The van der Waals surface area contributed by atoms with Gasteiger partial charge in [-0.2, -0.15) is 0 Å². The zero-order valence-electron chi connectivity index (χ0n) is 18.4. The molecule has 0 spiro atoms. The fourth-order valence-corrected chi connectivity index (χ4v) is 6.49. The summed E-state index contributed by atoms with van der Waals surface area (Å²) < 4.78 is 49.4. The number of rotatable bonds is 7. The number of allylic oxidation sites excluding steroid dienone is 3. The Bertz CT molecular complexity index is 998. The molecule has 1 aromatic carbocycles. The number of hydrogen-bond donors (Lipinski definition) is 2. The van der Waals surface area contributed by atoms with Gasteiger partial charge >= 0.3 is 0 Å². The summed E-state index contributed by atoms with van der Waals surface area (Å²) >= 11 is 3.41. The van der Waals surface area contributed by atoms with E-state index >= 15 is 0 Å². The van der Waals surface area contributed by atoms with Gasteiger partial charge in [-0.25, -0.2) is 17.5 Å². The van der Waals surface area contributed by atoms with Gasteiger partial charge in [0.2, 0.25) is 10.0 Å². The molecule has 9 heteroatoms. The number of benzene rings is 1. The van der Waals surface area contributed by atoms with E-state index in [9.17, 15) is 12.8 Å². The fourth-order valence-electron chi connectivity index (χ4n) is 4.86. The first kappa shape index (κ1) is 23.9. The Kier molecular flexibility index (Phi) is 7.41. The summed E-state index contributed by atoms with van der Waals surface area (Å²) in [5.41, 5.74) is 1.29. The van der Waals surface area contributed by atoms with Crippen molar-refractivity contribution >= 4 is 31.6 Å². The second kappa shape index (κ2) is 9.93. The lowest BCUT2D eigenvalue weighted by Gasteiger charge is -2.47. The minimum absolute atomic E-state index is 0.0489. The van der Waals surface area contributed by atoms with E-state index in [-0.39, 0.29) is 48.2 Å². The van der Waals surface area contributed by atoms with Crippen LogP contribution in [0, 0.1) is 17.7 Å². The van der Waals surface area contributed by atoms with Gasteiger partial charge in [-0.15, -0.1) is 0 Å². The number of hydrogen-bond acceptors (Lipinski definition) is 5. The first-order valence-corrected chi connectivity index (χ1v) is 13.5. The largest absolute Gasteiger partial charge is 0.379 e. The topological polar surface area (TPSA) is 70.7 Å². The maximum absolute atomic E-state index is 14.9. The van der Waals surface area contributed by atoms with Crippen molar-refractivity contribution in [2.45, 2.75) is 37.5 Å². The number of anilines is 1. The Morgan fingerprint density at radius 1 is 1.28 bits per heavy atom. The molecule has 1 fully saturated rings. The average molecular weight is 528 g/mol. The monoisotopic (exact) mass is 527 g/mol. The second-order valence-corrected chi connectivity index (χ2v) is 12.0. The Balaban J connectivity index is 1.53. The van der Waals surface area contributed by atoms with Crippen molar-refractivity contribution in [1.82, 2.24) is 9.62 Å². The van der Waals surface area contributed by atoms with Crippen molar-refractivity contribution in [3.63, 3.8) is 0 Å². The lowest BCUT2D eigenvalue weighted by Crippen LogP contribution is -2.49. The van der Waals surface area contributed by atoms with Crippen molar-refractivity contribution in [2.24, 2.45) is 11.8 Å². The van der Waals surface area contributed by atoms with Gasteiger partial charge in [-0.1, -0.05) is 40.2 Å². The van der Waals surface area contributed by atoms with Crippen LogP contribution in [0.15, 0.2) is 40.9 Å². The molecule has 1 unspecified atom stereocenters. The van der Waals surface area contributed by atoms with Crippen LogP contribution in [-0.4, -0.2) is 58.4 Å². The molecule has 32 heavy (non-hydrogen) atoms. The molecule has 6 nitrogen and oxygen atoms in total. The predicted molar refractivity (Wildman–Crippen MR) is 129 cm³/mol. The molecular weight excluding hydrogens is 497 g/mol. The van der Waals surface area contributed by atoms with Crippen LogP contribution in [0.5, 0.6) is 0 Å².